The number of nitrogens with zero attached hydrogens (tertiary/aromatic N) is 2. The van der Waals surface area contributed by atoms with Gasteiger partial charge in [0.25, 0.3) is 0 Å². The van der Waals surface area contributed by atoms with E-state index in [9.17, 15) is 8.42 Å². The molecular formula is C20H30N4O4S. The summed E-state index contributed by atoms with van der Waals surface area (Å²) in [6.07, 6.45) is 2.47. The molecule has 9 heteroatoms. The molecule has 1 aromatic carbocycles. The number of nitrogens with one attached hydrogen (secondary N) is 2. The first-order valence-corrected chi connectivity index (χ1v) is 11.0. The third-order valence-corrected chi connectivity index (χ3v) is 5.88. The highest BCUT2D eigenvalue weighted by Gasteiger charge is 2.16. The number of hydrogen-bond acceptors (Lipinski definition) is 5. The predicted molar refractivity (Wildman–Crippen MR) is 113 cm³/mol. The molecule has 0 saturated carbocycles. The highest BCUT2D eigenvalue weighted by Crippen LogP contribution is 2.14. The topological polar surface area (TPSA) is 96.2 Å². The average Bonchev–Trinajstić information content (AvgIpc) is 3.22. The molecule has 0 aliphatic heterocycles. The van der Waals surface area contributed by atoms with Crippen molar-refractivity contribution in [3.05, 3.63) is 54.0 Å². The van der Waals surface area contributed by atoms with Gasteiger partial charge in [0.05, 0.1) is 17.7 Å². The Hall–Kier alpha value is -2.36. The van der Waals surface area contributed by atoms with E-state index >= 15 is 0 Å². The van der Waals surface area contributed by atoms with Crippen LogP contribution in [0.5, 0.6) is 0 Å². The van der Waals surface area contributed by atoms with Gasteiger partial charge in [0.15, 0.2) is 5.96 Å². The minimum absolute atomic E-state index is 0.273. The molecule has 0 radical (unpaired) electrons. The third-order valence-electron chi connectivity index (χ3n) is 4.05. The fourth-order valence-corrected chi connectivity index (χ4v) is 3.34. The van der Waals surface area contributed by atoms with Crippen LogP contribution in [0.4, 0.5) is 0 Å². The molecule has 0 saturated heterocycles. The number of furan rings is 1. The van der Waals surface area contributed by atoms with E-state index in [1.807, 2.05) is 19.1 Å². The summed E-state index contributed by atoms with van der Waals surface area (Å²) in [5.74, 6) is 1.53. The summed E-state index contributed by atoms with van der Waals surface area (Å²) < 4.78 is 36.2. The summed E-state index contributed by atoms with van der Waals surface area (Å²) in [7, 11) is -0.377. The van der Waals surface area contributed by atoms with E-state index < -0.39 is 10.0 Å². The van der Waals surface area contributed by atoms with Crippen LogP contribution in [0, 0.1) is 0 Å². The van der Waals surface area contributed by atoms with Crippen molar-refractivity contribution < 1.29 is 17.6 Å². The molecule has 8 nitrogen and oxygen atoms in total. The van der Waals surface area contributed by atoms with Crippen molar-refractivity contribution in [1.82, 2.24) is 14.9 Å². The van der Waals surface area contributed by atoms with Crippen LogP contribution in [0.2, 0.25) is 0 Å². The molecule has 2 aromatic rings. The zero-order valence-corrected chi connectivity index (χ0v) is 18.0. The lowest BCUT2D eigenvalue weighted by atomic mass is 10.2. The Kier molecular flexibility index (Phi) is 9.17. The normalized spacial score (nSPS) is 12.3. The minimum Gasteiger partial charge on any atom is -0.467 e. The van der Waals surface area contributed by atoms with Crippen molar-refractivity contribution in [2.45, 2.75) is 31.4 Å². The highest BCUT2D eigenvalue weighted by atomic mass is 32.2. The molecule has 160 valence electrons. The molecule has 29 heavy (non-hydrogen) atoms. The monoisotopic (exact) mass is 422 g/mol. The van der Waals surface area contributed by atoms with E-state index in [1.54, 1.807) is 30.5 Å². The maximum absolute atomic E-state index is 12.1. The van der Waals surface area contributed by atoms with Gasteiger partial charge in [-0.05, 0) is 43.2 Å². The first-order chi connectivity index (χ1) is 13.9. The van der Waals surface area contributed by atoms with Gasteiger partial charge in [0, 0.05) is 33.8 Å². The second-order valence-corrected chi connectivity index (χ2v) is 8.69. The highest BCUT2D eigenvalue weighted by molar-refractivity contribution is 7.89. The SMILES string of the molecule is CCNC(=NCc1ccc(S(=O)(=O)N(C)C)cc1)NCCCOCc1ccco1. The summed E-state index contributed by atoms with van der Waals surface area (Å²) in [6, 6.07) is 10.5. The molecule has 0 aliphatic rings. The Balaban J connectivity index is 1.79. The van der Waals surface area contributed by atoms with E-state index in [0.29, 0.717) is 25.7 Å². The van der Waals surface area contributed by atoms with Crippen LogP contribution < -0.4 is 10.6 Å². The molecule has 0 fully saturated rings. The van der Waals surface area contributed by atoms with Crippen molar-refractivity contribution in [1.29, 1.82) is 0 Å². The number of rotatable bonds is 11. The number of guanidine groups is 1. The summed E-state index contributed by atoms with van der Waals surface area (Å²) in [5.41, 5.74) is 0.932. The van der Waals surface area contributed by atoms with Gasteiger partial charge in [0.1, 0.15) is 12.4 Å². The smallest absolute Gasteiger partial charge is 0.242 e. The van der Waals surface area contributed by atoms with E-state index in [4.69, 9.17) is 9.15 Å². The maximum atomic E-state index is 12.1. The molecule has 0 bridgehead atoms. The van der Waals surface area contributed by atoms with E-state index in [2.05, 4.69) is 15.6 Å². The number of sulfonamides is 1. The zero-order chi connectivity index (χ0) is 21.1. The predicted octanol–water partition coefficient (Wildman–Crippen LogP) is 2.19. The molecule has 2 rings (SSSR count). The largest absolute Gasteiger partial charge is 0.467 e. The summed E-state index contributed by atoms with van der Waals surface area (Å²) in [6.45, 7) is 5.03. The lowest BCUT2D eigenvalue weighted by molar-refractivity contribution is 0.105. The number of ether oxygens (including phenoxy) is 1. The second kappa shape index (κ2) is 11.6. The van der Waals surface area contributed by atoms with Gasteiger partial charge in [-0.3, -0.25) is 0 Å². The fraction of sp³-hybridized carbons (Fsp3) is 0.450. The van der Waals surface area contributed by atoms with Crippen molar-refractivity contribution in [3.8, 4) is 0 Å². The number of aliphatic imine (C=N–C) groups is 1. The van der Waals surface area contributed by atoms with Crippen molar-refractivity contribution in [2.75, 3.05) is 33.8 Å². The summed E-state index contributed by atoms with van der Waals surface area (Å²) >= 11 is 0. The van der Waals surface area contributed by atoms with E-state index in [1.165, 1.54) is 18.4 Å². The molecule has 0 amide bonds. The lowest BCUT2D eigenvalue weighted by Crippen LogP contribution is -2.38. The van der Waals surface area contributed by atoms with Crippen LogP contribution >= 0.6 is 0 Å². The molecule has 0 aliphatic carbocycles. The fourth-order valence-electron chi connectivity index (χ4n) is 2.44. The molecule has 0 spiro atoms. The molecule has 1 aromatic heterocycles. The molecular weight excluding hydrogens is 392 g/mol. The van der Waals surface area contributed by atoms with E-state index in [0.717, 1.165) is 30.8 Å². The van der Waals surface area contributed by atoms with Gasteiger partial charge < -0.3 is 19.8 Å². The van der Waals surface area contributed by atoms with Gasteiger partial charge in [-0.1, -0.05) is 12.1 Å². The van der Waals surface area contributed by atoms with Crippen molar-refractivity contribution in [3.63, 3.8) is 0 Å². The number of hydrogen-bond donors (Lipinski definition) is 2. The van der Waals surface area contributed by atoms with Gasteiger partial charge in [0.2, 0.25) is 10.0 Å². The van der Waals surface area contributed by atoms with Gasteiger partial charge in [-0.15, -0.1) is 0 Å². The Labute approximate surface area is 173 Å². The molecule has 1 heterocycles. The molecule has 0 atom stereocenters. The van der Waals surface area contributed by atoms with Crippen molar-refractivity contribution in [2.24, 2.45) is 4.99 Å². The summed E-state index contributed by atoms with van der Waals surface area (Å²) in [5, 5.41) is 6.47. The van der Waals surface area contributed by atoms with Crippen LogP contribution in [0.1, 0.15) is 24.7 Å². The number of benzene rings is 1. The van der Waals surface area contributed by atoms with Crippen LogP contribution in [-0.2, 0) is 27.9 Å². The maximum Gasteiger partial charge on any atom is 0.242 e. The second-order valence-electron chi connectivity index (χ2n) is 6.54. The standard InChI is InChI=1S/C20H30N4O4S/c1-4-21-20(22-12-6-13-27-16-18-7-5-14-28-18)23-15-17-8-10-19(11-9-17)29(25,26)24(2)3/h5,7-11,14H,4,6,12-13,15-16H2,1-3H3,(H2,21,22,23). The Morgan fingerprint density at radius 1 is 1.17 bits per heavy atom. The average molecular weight is 423 g/mol. The van der Waals surface area contributed by atoms with Crippen molar-refractivity contribution >= 4 is 16.0 Å². The first kappa shape index (κ1) is 22.9. The lowest BCUT2D eigenvalue weighted by Gasteiger charge is -2.12. The third kappa shape index (κ3) is 7.52. The van der Waals surface area contributed by atoms with Crippen LogP contribution in [0.15, 0.2) is 57.0 Å². The Morgan fingerprint density at radius 2 is 1.93 bits per heavy atom. The van der Waals surface area contributed by atoms with Crippen LogP contribution in [-0.4, -0.2) is 52.5 Å². The molecule has 0 unspecified atom stereocenters. The first-order valence-electron chi connectivity index (χ1n) is 9.57. The summed E-state index contributed by atoms with van der Waals surface area (Å²) in [4.78, 5) is 4.82. The Bertz CT molecular complexity index is 847. The Morgan fingerprint density at radius 3 is 2.55 bits per heavy atom. The van der Waals surface area contributed by atoms with Crippen LogP contribution in [0.3, 0.4) is 0 Å². The van der Waals surface area contributed by atoms with Gasteiger partial charge in [-0.2, -0.15) is 0 Å². The van der Waals surface area contributed by atoms with E-state index in [-0.39, 0.29) is 4.90 Å². The zero-order valence-electron chi connectivity index (χ0n) is 17.2. The van der Waals surface area contributed by atoms with Gasteiger partial charge in [-0.25, -0.2) is 17.7 Å². The molecule has 2 N–H and O–H groups in total. The quantitative estimate of drug-likeness (QED) is 0.327. The van der Waals surface area contributed by atoms with Gasteiger partial charge >= 0.3 is 0 Å². The van der Waals surface area contributed by atoms with Crippen LogP contribution in [0.25, 0.3) is 0 Å². The minimum atomic E-state index is -3.41.